The maximum absolute atomic E-state index is 12.1. The van der Waals surface area contributed by atoms with E-state index in [0.29, 0.717) is 44.7 Å². The lowest BCUT2D eigenvalue weighted by atomic mass is 9.80. The van der Waals surface area contributed by atoms with Gasteiger partial charge in [0.2, 0.25) is 0 Å². The van der Waals surface area contributed by atoms with Gasteiger partial charge in [0.15, 0.2) is 5.84 Å². The fourth-order valence-electron chi connectivity index (χ4n) is 6.70. The van der Waals surface area contributed by atoms with E-state index in [9.17, 15) is 48.8 Å². The molecule has 0 saturated carbocycles. The van der Waals surface area contributed by atoms with Crippen LogP contribution in [-0.4, -0.2) is 86.1 Å². The van der Waals surface area contributed by atoms with Gasteiger partial charge in [-0.05, 0) is 84.9 Å². The van der Waals surface area contributed by atoms with Crippen molar-refractivity contribution in [3.05, 3.63) is 112 Å². The number of amidine groups is 1. The Labute approximate surface area is 345 Å². The van der Waals surface area contributed by atoms with Crippen molar-refractivity contribution in [1.82, 2.24) is 0 Å². The van der Waals surface area contributed by atoms with Gasteiger partial charge in [0.25, 0.3) is 30.4 Å². The van der Waals surface area contributed by atoms with Crippen LogP contribution in [0.5, 0.6) is 0 Å². The molecule has 4 N–H and O–H groups in total. The molecule has 0 atom stereocenters. The maximum atomic E-state index is 12.1. The normalized spacial score (nSPS) is 19.4. The van der Waals surface area contributed by atoms with E-state index in [1.807, 2.05) is 81.2 Å². The van der Waals surface area contributed by atoms with Gasteiger partial charge in [-0.25, -0.2) is 4.99 Å². The second-order valence-electron chi connectivity index (χ2n) is 14.9. The third kappa shape index (κ3) is 12.2. The second kappa shape index (κ2) is 18.4. The Balaban J connectivity index is 1.90. The van der Waals surface area contributed by atoms with Crippen LogP contribution in [0.25, 0.3) is 5.57 Å². The SMILES string of the molecule is C\C=C(Cl)/C=C1\C(=N\CCCS(=O)(=O)O)N=C(/C=C/C(=C/C=C2/N(CCCS(=O)(=O)O)c3ccc(S(=O)(=O)O)cc3C2(C)C)c2cccc(CCC(=O)O)c2)C1(C)C. The molecule has 0 spiro atoms. The van der Waals surface area contributed by atoms with Gasteiger partial charge in [0.05, 0.1) is 22.1 Å². The van der Waals surface area contributed by atoms with Gasteiger partial charge in [-0.1, -0.05) is 81.8 Å². The first kappa shape index (κ1) is 46.5. The summed E-state index contributed by atoms with van der Waals surface area (Å²) < 4.78 is 98.7. The van der Waals surface area contributed by atoms with Crippen LogP contribution in [-0.2, 0) is 47.0 Å². The molecule has 14 nitrogen and oxygen atoms in total. The number of allylic oxidation sites excluding steroid dienone is 9. The van der Waals surface area contributed by atoms with Crippen molar-refractivity contribution >= 4 is 70.7 Å². The molecule has 2 heterocycles. The zero-order valence-corrected chi connectivity index (χ0v) is 36.0. The molecular formula is C40H48ClN3O11S3. The Bertz CT molecular complexity index is 2500. The average molecular weight is 878 g/mol. The monoisotopic (exact) mass is 877 g/mol. The van der Waals surface area contributed by atoms with Gasteiger partial charge in [-0.3, -0.25) is 23.4 Å². The number of hydrogen-bond donors (Lipinski definition) is 4. The van der Waals surface area contributed by atoms with E-state index in [2.05, 4.69) is 4.99 Å². The van der Waals surface area contributed by atoms with Crippen molar-refractivity contribution in [3.63, 3.8) is 0 Å². The molecule has 0 amide bonds. The molecule has 0 aromatic heterocycles. The van der Waals surface area contributed by atoms with E-state index in [-0.39, 0.29) is 43.7 Å². The molecule has 18 heteroatoms. The molecule has 2 aliphatic rings. The maximum Gasteiger partial charge on any atom is 0.303 e. The minimum absolute atomic E-state index is 0.0372. The Morgan fingerprint density at radius 1 is 0.931 bits per heavy atom. The summed E-state index contributed by atoms with van der Waals surface area (Å²) in [6.07, 6.45) is 11.0. The topological polar surface area (TPSA) is 228 Å². The molecule has 0 radical (unpaired) electrons. The van der Waals surface area contributed by atoms with E-state index < -0.39 is 58.7 Å². The zero-order chi connectivity index (χ0) is 43.3. The lowest BCUT2D eigenvalue weighted by Crippen LogP contribution is -2.28. The summed E-state index contributed by atoms with van der Waals surface area (Å²) in [5.41, 5.74) is 3.62. The molecule has 58 heavy (non-hydrogen) atoms. The molecule has 0 fully saturated rings. The molecule has 0 saturated heterocycles. The summed E-state index contributed by atoms with van der Waals surface area (Å²) in [6.45, 7) is 9.57. The van der Waals surface area contributed by atoms with Crippen LogP contribution in [0.1, 0.15) is 70.6 Å². The Morgan fingerprint density at radius 3 is 2.22 bits per heavy atom. The summed E-state index contributed by atoms with van der Waals surface area (Å²) >= 11 is 6.44. The van der Waals surface area contributed by atoms with Crippen molar-refractivity contribution in [3.8, 4) is 0 Å². The second-order valence-corrected chi connectivity index (χ2v) is 19.9. The molecule has 2 aromatic rings. The van der Waals surface area contributed by atoms with Crippen LogP contribution in [0.4, 0.5) is 5.69 Å². The molecule has 4 rings (SSSR count). The number of carboxylic acid groups (broad SMARTS) is 1. The van der Waals surface area contributed by atoms with Gasteiger partial charge >= 0.3 is 5.97 Å². The van der Waals surface area contributed by atoms with Crippen molar-refractivity contribution in [2.45, 2.75) is 70.6 Å². The molecule has 2 aliphatic heterocycles. The number of rotatable bonds is 17. The zero-order valence-electron chi connectivity index (χ0n) is 32.8. The van der Waals surface area contributed by atoms with Crippen molar-refractivity contribution in [2.24, 2.45) is 15.4 Å². The van der Waals surface area contributed by atoms with Crippen molar-refractivity contribution in [1.29, 1.82) is 0 Å². The van der Waals surface area contributed by atoms with Gasteiger partial charge in [-0.2, -0.15) is 25.3 Å². The Hall–Kier alpha value is -4.23. The van der Waals surface area contributed by atoms with Crippen molar-refractivity contribution in [2.75, 3.05) is 29.5 Å². The van der Waals surface area contributed by atoms with E-state index in [4.69, 9.17) is 16.6 Å². The number of carbonyl (C=O) groups is 1. The quantitative estimate of drug-likeness (QED) is 0.0710. The number of halogens is 1. The number of benzene rings is 2. The summed E-state index contributed by atoms with van der Waals surface area (Å²) in [6, 6.07) is 11.5. The standard InChI is InChI=1S/C40H48ClN3O11S3/c1-6-30(41)25-33-38(42-20-8-22-56(47,48)49)43-35(39(33,2)3)17-13-28(29-11-7-10-27(24-29)12-19-37(45)46)14-18-36-40(4,5)32-26-31(58(53,54)55)15-16-34(32)44(36)21-9-23-57(50,51)52/h6-7,10-11,13-18,24-26H,8-9,12,19-23H2,1-5H3,(H,45,46)(H,47,48,49)(H,50,51,52)(H,53,54,55)/b17-13+,28-14-,30-6+,33-25+,36-18+,42-38-. The Morgan fingerprint density at radius 2 is 1.60 bits per heavy atom. The number of anilines is 1. The Kier molecular flexibility index (Phi) is 14.7. The van der Waals surface area contributed by atoms with Crippen LogP contribution < -0.4 is 4.90 Å². The van der Waals surface area contributed by atoms with Crippen molar-refractivity contribution < 1.29 is 48.8 Å². The number of fused-ring (bicyclic) bond motifs is 1. The first-order valence-electron chi connectivity index (χ1n) is 18.2. The number of aliphatic imine (C=N–C) groups is 2. The fraction of sp³-hybridized carbons (Fsp3) is 0.375. The number of nitrogens with zero attached hydrogens (tertiary/aromatic N) is 3. The fourth-order valence-corrected chi connectivity index (χ4v) is 8.30. The van der Waals surface area contributed by atoms with Gasteiger partial charge in [0.1, 0.15) is 0 Å². The lowest BCUT2D eigenvalue weighted by molar-refractivity contribution is -0.136. The highest BCUT2D eigenvalue weighted by Gasteiger charge is 2.41. The highest BCUT2D eigenvalue weighted by molar-refractivity contribution is 7.86. The van der Waals surface area contributed by atoms with E-state index in [1.54, 1.807) is 19.1 Å². The summed E-state index contributed by atoms with van der Waals surface area (Å²) in [5.74, 6) is -1.57. The summed E-state index contributed by atoms with van der Waals surface area (Å²) in [7, 11) is -13.0. The molecule has 0 bridgehead atoms. The summed E-state index contributed by atoms with van der Waals surface area (Å²) in [4.78, 5) is 22.3. The molecule has 2 aromatic carbocycles. The smallest absolute Gasteiger partial charge is 0.303 e. The number of aliphatic carboxylic acids is 1. The molecule has 0 unspecified atom stereocenters. The van der Waals surface area contributed by atoms with Crippen LogP contribution >= 0.6 is 11.6 Å². The largest absolute Gasteiger partial charge is 0.481 e. The minimum Gasteiger partial charge on any atom is -0.481 e. The first-order valence-corrected chi connectivity index (χ1v) is 23.3. The minimum atomic E-state index is -4.55. The predicted octanol–water partition coefficient (Wildman–Crippen LogP) is 7.08. The van der Waals surface area contributed by atoms with E-state index >= 15 is 0 Å². The first-order chi connectivity index (χ1) is 26.8. The van der Waals surface area contributed by atoms with Gasteiger partial charge in [-0.15, -0.1) is 0 Å². The van der Waals surface area contributed by atoms with Gasteiger partial charge in [0, 0.05) is 52.3 Å². The third-order valence-electron chi connectivity index (χ3n) is 9.84. The van der Waals surface area contributed by atoms with Crippen LogP contribution in [0.2, 0.25) is 0 Å². The molecule has 0 aliphatic carbocycles. The lowest BCUT2D eigenvalue weighted by Gasteiger charge is -2.27. The van der Waals surface area contributed by atoms with Crippen LogP contribution in [0.15, 0.2) is 110 Å². The number of aryl methyl sites for hydroxylation is 1. The molecular weight excluding hydrogens is 830 g/mol. The van der Waals surface area contributed by atoms with Gasteiger partial charge < -0.3 is 10.0 Å². The van der Waals surface area contributed by atoms with Crippen LogP contribution in [0, 0.1) is 5.41 Å². The summed E-state index contributed by atoms with van der Waals surface area (Å²) in [5, 5.41) is 9.77. The van der Waals surface area contributed by atoms with E-state index in [0.717, 1.165) is 11.1 Å². The number of hydrogen-bond acceptors (Lipinski definition) is 9. The predicted molar refractivity (Wildman–Crippen MR) is 228 cm³/mol. The highest BCUT2D eigenvalue weighted by Crippen LogP contribution is 2.49. The number of carboxylic acids is 1. The average Bonchev–Trinajstić information content (AvgIpc) is 3.47. The van der Waals surface area contributed by atoms with E-state index in [1.165, 1.54) is 18.2 Å². The molecule has 314 valence electrons. The highest BCUT2D eigenvalue weighted by atomic mass is 35.5. The van der Waals surface area contributed by atoms with Crippen LogP contribution in [0.3, 0.4) is 0 Å². The third-order valence-corrected chi connectivity index (χ3v) is 12.6.